The van der Waals surface area contributed by atoms with Gasteiger partial charge in [-0.3, -0.25) is 4.79 Å². The topological polar surface area (TPSA) is 54.5 Å². The van der Waals surface area contributed by atoms with Gasteiger partial charge in [0.25, 0.3) is 5.91 Å². The van der Waals surface area contributed by atoms with E-state index < -0.39 is 0 Å². The Balaban J connectivity index is 1.56. The maximum Gasteiger partial charge on any atom is 0.255 e. The highest BCUT2D eigenvalue weighted by Gasteiger charge is 2.18. The molecule has 2 heterocycles. The summed E-state index contributed by atoms with van der Waals surface area (Å²) in [4.78, 5) is 20.2. The molecule has 5 nitrogen and oxygen atoms in total. The average Bonchev–Trinajstić information content (AvgIpc) is 2.84. The molecule has 3 aromatic carbocycles. The van der Waals surface area contributed by atoms with Crippen LogP contribution in [0.1, 0.15) is 21.5 Å². The van der Waals surface area contributed by atoms with Crippen molar-refractivity contribution >= 4 is 28.2 Å². The average molecular weight is 438 g/mol. The molecule has 166 valence electrons. The number of aryl methyl sites for hydroxylation is 2. The van der Waals surface area contributed by atoms with Gasteiger partial charge in [0.2, 0.25) is 0 Å². The maximum absolute atomic E-state index is 12.9. The largest absolute Gasteiger partial charge is 0.378 e. The van der Waals surface area contributed by atoms with E-state index in [2.05, 4.69) is 47.5 Å². The zero-order chi connectivity index (χ0) is 22.8. The van der Waals surface area contributed by atoms with E-state index in [9.17, 15) is 4.79 Å². The molecule has 33 heavy (non-hydrogen) atoms. The first kappa shape index (κ1) is 21.2. The highest BCUT2D eigenvalue weighted by Crippen LogP contribution is 2.33. The highest BCUT2D eigenvalue weighted by atomic mass is 16.5. The molecular weight excluding hydrogens is 410 g/mol. The minimum atomic E-state index is -0.107. The lowest BCUT2D eigenvalue weighted by Gasteiger charge is -2.30. The number of ether oxygens (including phenoxy) is 1. The van der Waals surface area contributed by atoms with Crippen LogP contribution in [0.3, 0.4) is 0 Å². The Labute approximate surface area is 194 Å². The molecule has 1 aromatic heterocycles. The number of carbonyl (C=O) groups is 1. The number of morpholine rings is 1. The lowest BCUT2D eigenvalue weighted by atomic mass is 10.0. The molecule has 0 aliphatic carbocycles. The molecule has 1 amide bonds. The van der Waals surface area contributed by atoms with Crippen LogP contribution in [0.2, 0.25) is 0 Å². The van der Waals surface area contributed by atoms with Gasteiger partial charge in [-0.15, -0.1) is 0 Å². The van der Waals surface area contributed by atoms with E-state index in [0.29, 0.717) is 18.8 Å². The van der Waals surface area contributed by atoms with Gasteiger partial charge in [-0.2, -0.15) is 0 Å². The van der Waals surface area contributed by atoms with Gasteiger partial charge in [0.1, 0.15) is 0 Å². The predicted octanol–water partition coefficient (Wildman–Crippen LogP) is 5.61. The Morgan fingerprint density at radius 1 is 0.939 bits per heavy atom. The van der Waals surface area contributed by atoms with Crippen molar-refractivity contribution < 1.29 is 9.53 Å². The summed E-state index contributed by atoms with van der Waals surface area (Å²) < 4.78 is 5.58. The number of hydrogen-bond donors (Lipinski definition) is 1. The van der Waals surface area contributed by atoms with E-state index >= 15 is 0 Å². The Bertz CT molecular complexity index is 1310. The molecule has 0 atom stereocenters. The van der Waals surface area contributed by atoms with E-state index in [-0.39, 0.29) is 5.91 Å². The van der Waals surface area contributed by atoms with E-state index in [0.717, 1.165) is 52.2 Å². The van der Waals surface area contributed by atoms with Crippen LogP contribution in [-0.2, 0) is 4.74 Å². The van der Waals surface area contributed by atoms with E-state index in [1.807, 2.05) is 49.4 Å². The lowest BCUT2D eigenvalue weighted by Crippen LogP contribution is -2.36. The SMILES string of the molecule is Cc1ccc(-c2cc(N3CCOCC3)c3cc(NC(=O)c4ccccc4C)ccc3n2)cc1. The second-order valence-electron chi connectivity index (χ2n) is 8.49. The fourth-order valence-electron chi connectivity index (χ4n) is 4.25. The van der Waals surface area contributed by atoms with Crippen molar-refractivity contribution in [3.05, 3.63) is 89.5 Å². The number of nitrogens with one attached hydrogen (secondary N) is 1. The van der Waals surface area contributed by atoms with Crippen molar-refractivity contribution in [1.29, 1.82) is 0 Å². The second kappa shape index (κ2) is 9.04. The molecular formula is C28H27N3O2. The predicted molar refractivity (Wildman–Crippen MR) is 134 cm³/mol. The van der Waals surface area contributed by atoms with E-state index in [4.69, 9.17) is 9.72 Å². The minimum Gasteiger partial charge on any atom is -0.378 e. The molecule has 1 N–H and O–H groups in total. The van der Waals surface area contributed by atoms with Crippen molar-refractivity contribution in [3.63, 3.8) is 0 Å². The summed E-state index contributed by atoms with van der Waals surface area (Å²) in [5.74, 6) is -0.107. The van der Waals surface area contributed by atoms with Crippen molar-refractivity contribution in [2.24, 2.45) is 0 Å². The van der Waals surface area contributed by atoms with Crippen LogP contribution in [0.4, 0.5) is 11.4 Å². The van der Waals surface area contributed by atoms with Gasteiger partial charge >= 0.3 is 0 Å². The molecule has 4 aromatic rings. The maximum atomic E-state index is 12.9. The third-order valence-corrected chi connectivity index (χ3v) is 6.13. The van der Waals surface area contributed by atoms with Crippen LogP contribution in [-0.4, -0.2) is 37.2 Å². The quantitative estimate of drug-likeness (QED) is 0.451. The highest BCUT2D eigenvalue weighted by molar-refractivity contribution is 6.07. The van der Waals surface area contributed by atoms with Crippen molar-refractivity contribution in [2.75, 3.05) is 36.5 Å². The summed E-state index contributed by atoms with van der Waals surface area (Å²) in [7, 11) is 0. The third-order valence-electron chi connectivity index (χ3n) is 6.13. The normalized spacial score (nSPS) is 13.8. The Kier molecular flexibility index (Phi) is 5.80. The minimum absolute atomic E-state index is 0.107. The molecule has 0 unspecified atom stereocenters. The Hall–Kier alpha value is -3.70. The van der Waals surface area contributed by atoms with Crippen LogP contribution in [0, 0.1) is 13.8 Å². The number of hydrogen-bond acceptors (Lipinski definition) is 4. The molecule has 0 radical (unpaired) electrons. The number of aromatic nitrogens is 1. The van der Waals surface area contributed by atoms with Crippen molar-refractivity contribution in [2.45, 2.75) is 13.8 Å². The molecule has 5 heteroatoms. The molecule has 0 bridgehead atoms. The van der Waals surface area contributed by atoms with Gasteiger partial charge < -0.3 is 15.0 Å². The standard InChI is InChI=1S/C28H27N3O2/c1-19-7-9-21(10-8-19)26-18-27(31-13-15-33-16-14-31)24-17-22(11-12-25(24)30-26)29-28(32)23-6-4-3-5-20(23)2/h3-12,17-18H,13-16H2,1-2H3,(H,29,32). The van der Waals surface area contributed by atoms with Gasteiger partial charge in [-0.05, 0) is 49.7 Å². The van der Waals surface area contributed by atoms with Crippen LogP contribution < -0.4 is 10.2 Å². The number of carbonyl (C=O) groups excluding carboxylic acids is 1. The molecule has 0 spiro atoms. The smallest absolute Gasteiger partial charge is 0.255 e. The molecule has 1 fully saturated rings. The summed E-state index contributed by atoms with van der Waals surface area (Å²) in [6.07, 6.45) is 0. The van der Waals surface area contributed by atoms with Gasteiger partial charge in [0.05, 0.1) is 24.4 Å². The van der Waals surface area contributed by atoms with Crippen LogP contribution in [0.5, 0.6) is 0 Å². The fraction of sp³-hybridized carbons (Fsp3) is 0.214. The molecule has 1 saturated heterocycles. The van der Waals surface area contributed by atoms with Crippen molar-refractivity contribution in [1.82, 2.24) is 4.98 Å². The fourth-order valence-corrected chi connectivity index (χ4v) is 4.25. The zero-order valence-corrected chi connectivity index (χ0v) is 19.0. The van der Waals surface area contributed by atoms with Crippen molar-refractivity contribution in [3.8, 4) is 11.3 Å². The zero-order valence-electron chi connectivity index (χ0n) is 19.0. The molecule has 1 aliphatic heterocycles. The first-order valence-electron chi connectivity index (χ1n) is 11.3. The summed E-state index contributed by atoms with van der Waals surface area (Å²) in [6, 6.07) is 24.2. The van der Waals surface area contributed by atoms with E-state index in [1.165, 1.54) is 5.56 Å². The summed E-state index contributed by atoms with van der Waals surface area (Å²) in [6.45, 7) is 7.09. The number of anilines is 2. The van der Waals surface area contributed by atoms with Crippen LogP contribution >= 0.6 is 0 Å². The summed E-state index contributed by atoms with van der Waals surface area (Å²) >= 11 is 0. The summed E-state index contributed by atoms with van der Waals surface area (Å²) in [5.41, 5.74) is 7.68. The van der Waals surface area contributed by atoms with Gasteiger partial charge in [0.15, 0.2) is 0 Å². The van der Waals surface area contributed by atoms with Crippen LogP contribution in [0.15, 0.2) is 72.8 Å². The molecule has 0 saturated carbocycles. The molecule has 1 aliphatic rings. The monoisotopic (exact) mass is 437 g/mol. The number of rotatable bonds is 4. The number of pyridine rings is 1. The first-order valence-corrected chi connectivity index (χ1v) is 11.3. The first-order chi connectivity index (χ1) is 16.1. The van der Waals surface area contributed by atoms with Gasteiger partial charge in [-0.25, -0.2) is 4.98 Å². The Morgan fingerprint density at radius 2 is 1.70 bits per heavy atom. The number of fused-ring (bicyclic) bond motifs is 1. The second-order valence-corrected chi connectivity index (χ2v) is 8.49. The van der Waals surface area contributed by atoms with Gasteiger partial charge in [-0.1, -0.05) is 48.0 Å². The number of nitrogens with zero attached hydrogens (tertiary/aromatic N) is 2. The third kappa shape index (κ3) is 4.45. The van der Waals surface area contributed by atoms with Gasteiger partial charge in [0, 0.05) is 41.0 Å². The molecule has 5 rings (SSSR count). The Morgan fingerprint density at radius 3 is 2.45 bits per heavy atom. The van der Waals surface area contributed by atoms with E-state index in [1.54, 1.807) is 0 Å². The summed E-state index contributed by atoms with van der Waals surface area (Å²) in [5, 5.41) is 4.09. The number of amides is 1. The lowest BCUT2D eigenvalue weighted by molar-refractivity contribution is 0.102. The number of benzene rings is 3. The van der Waals surface area contributed by atoms with Crippen LogP contribution in [0.25, 0.3) is 22.2 Å².